The second-order valence-electron chi connectivity index (χ2n) is 3.96. The molecule has 0 saturated heterocycles. The first-order valence-electron chi connectivity index (χ1n) is 5.71. The highest BCUT2D eigenvalue weighted by molar-refractivity contribution is 6.32. The first-order chi connectivity index (χ1) is 9.54. The topological polar surface area (TPSA) is 58.6 Å². The van der Waals surface area contributed by atoms with E-state index in [0.717, 1.165) is 0 Å². The number of carbonyl (C=O) groups excluding carboxylic acids is 1. The molecule has 0 aliphatic heterocycles. The fourth-order valence-corrected chi connectivity index (χ4v) is 1.85. The summed E-state index contributed by atoms with van der Waals surface area (Å²) in [5.74, 6) is 0.128. The predicted octanol–water partition coefficient (Wildman–Crippen LogP) is 3.72. The molecule has 2 aromatic rings. The standard InChI is InChI=1S/C14H11Cl2NO3/c15-9-2-1-3-11(6-9)20-8-14(19)17-10-4-5-13(18)12(16)7-10/h1-7,18H,8H2,(H,17,19). The van der Waals surface area contributed by atoms with Gasteiger partial charge in [-0.1, -0.05) is 29.3 Å². The SMILES string of the molecule is O=C(COc1cccc(Cl)c1)Nc1ccc(O)c(Cl)c1. The third-order valence-corrected chi connectivity index (χ3v) is 2.94. The summed E-state index contributed by atoms with van der Waals surface area (Å²) in [5.41, 5.74) is 0.479. The van der Waals surface area contributed by atoms with E-state index >= 15 is 0 Å². The number of ether oxygens (including phenoxy) is 1. The average molecular weight is 312 g/mol. The molecule has 6 heteroatoms. The Bertz CT molecular complexity index is 632. The first kappa shape index (κ1) is 14.5. The molecule has 0 saturated carbocycles. The normalized spacial score (nSPS) is 10.1. The Hall–Kier alpha value is -1.91. The minimum atomic E-state index is -0.341. The van der Waals surface area contributed by atoms with Crippen LogP contribution < -0.4 is 10.1 Å². The van der Waals surface area contributed by atoms with Crippen LogP contribution in [0.5, 0.6) is 11.5 Å². The lowest BCUT2D eigenvalue weighted by molar-refractivity contribution is -0.118. The van der Waals surface area contributed by atoms with Crippen LogP contribution in [-0.2, 0) is 4.79 Å². The second kappa shape index (κ2) is 6.50. The van der Waals surface area contributed by atoms with Crippen LogP contribution in [0.3, 0.4) is 0 Å². The Morgan fingerprint density at radius 2 is 2.00 bits per heavy atom. The van der Waals surface area contributed by atoms with Crippen LogP contribution in [0.25, 0.3) is 0 Å². The summed E-state index contributed by atoms with van der Waals surface area (Å²) in [6, 6.07) is 11.2. The van der Waals surface area contributed by atoms with Crippen molar-refractivity contribution < 1.29 is 14.6 Å². The molecule has 2 rings (SSSR count). The zero-order valence-electron chi connectivity index (χ0n) is 10.3. The fraction of sp³-hybridized carbons (Fsp3) is 0.0714. The number of hydrogen-bond acceptors (Lipinski definition) is 3. The zero-order valence-corrected chi connectivity index (χ0v) is 11.8. The molecule has 104 valence electrons. The summed E-state index contributed by atoms with van der Waals surface area (Å²) in [5, 5.41) is 12.6. The molecule has 2 aromatic carbocycles. The fourth-order valence-electron chi connectivity index (χ4n) is 1.49. The van der Waals surface area contributed by atoms with Gasteiger partial charge in [-0.05, 0) is 36.4 Å². The van der Waals surface area contributed by atoms with E-state index in [1.807, 2.05) is 0 Å². The number of phenolic OH excluding ortho intramolecular Hbond substituents is 1. The number of amides is 1. The highest BCUT2D eigenvalue weighted by Gasteiger charge is 2.06. The smallest absolute Gasteiger partial charge is 0.262 e. The van der Waals surface area contributed by atoms with Gasteiger partial charge >= 0.3 is 0 Å². The maximum Gasteiger partial charge on any atom is 0.262 e. The zero-order chi connectivity index (χ0) is 14.5. The van der Waals surface area contributed by atoms with Gasteiger partial charge in [-0.25, -0.2) is 0 Å². The lowest BCUT2D eigenvalue weighted by atomic mass is 10.3. The van der Waals surface area contributed by atoms with Gasteiger partial charge in [0.15, 0.2) is 6.61 Å². The Kier molecular flexibility index (Phi) is 4.71. The molecule has 2 N–H and O–H groups in total. The van der Waals surface area contributed by atoms with Crippen LogP contribution in [0.2, 0.25) is 10.0 Å². The van der Waals surface area contributed by atoms with Crippen LogP contribution in [0.15, 0.2) is 42.5 Å². The highest BCUT2D eigenvalue weighted by atomic mass is 35.5. The van der Waals surface area contributed by atoms with Crippen molar-refractivity contribution in [3.8, 4) is 11.5 Å². The molecule has 20 heavy (non-hydrogen) atoms. The maximum atomic E-state index is 11.7. The third kappa shape index (κ3) is 4.05. The number of anilines is 1. The molecule has 0 bridgehead atoms. The van der Waals surface area contributed by atoms with Gasteiger partial charge in [-0.15, -0.1) is 0 Å². The Morgan fingerprint density at radius 1 is 1.20 bits per heavy atom. The number of rotatable bonds is 4. The van der Waals surface area contributed by atoms with Crippen LogP contribution in [0, 0.1) is 0 Å². The summed E-state index contributed by atoms with van der Waals surface area (Å²) >= 11 is 11.5. The number of aromatic hydroxyl groups is 1. The number of benzene rings is 2. The summed E-state index contributed by atoms with van der Waals surface area (Å²) in [6.45, 7) is -0.154. The third-order valence-electron chi connectivity index (χ3n) is 2.40. The van der Waals surface area contributed by atoms with Crippen molar-refractivity contribution in [2.45, 2.75) is 0 Å². The lowest BCUT2D eigenvalue weighted by Crippen LogP contribution is -2.20. The van der Waals surface area contributed by atoms with Crippen molar-refractivity contribution in [1.82, 2.24) is 0 Å². The molecular formula is C14H11Cl2NO3. The van der Waals surface area contributed by atoms with E-state index < -0.39 is 0 Å². The van der Waals surface area contributed by atoms with Crippen LogP contribution >= 0.6 is 23.2 Å². The van der Waals surface area contributed by atoms with Crippen LogP contribution in [0.1, 0.15) is 0 Å². The number of hydrogen-bond donors (Lipinski definition) is 2. The first-order valence-corrected chi connectivity index (χ1v) is 6.47. The summed E-state index contributed by atoms with van der Waals surface area (Å²) in [4.78, 5) is 11.7. The molecule has 4 nitrogen and oxygen atoms in total. The highest BCUT2D eigenvalue weighted by Crippen LogP contribution is 2.26. The summed E-state index contributed by atoms with van der Waals surface area (Å²) < 4.78 is 5.30. The summed E-state index contributed by atoms with van der Waals surface area (Å²) in [6.07, 6.45) is 0. The van der Waals surface area contributed by atoms with E-state index in [0.29, 0.717) is 16.5 Å². The van der Waals surface area contributed by atoms with Crippen molar-refractivity contribution in [3.63, 3.8) is 0 Å². The van der Waals surface area contributed by atoms with E-state index in [1.54, 1.807) is 30.3 Å². The van der Waals surface area contributed by atoms with Gasteiger partial charge in [0.25, 0.3) is 5.91 Å². The van der Waals surface area contributed by atoms with E-state index in [-0.39, 0.29) is 23.3 Å². The predicted molar refractivity (Wildman–Crippen MR) is 78.7 cm³/mol. The number of nitrogens with one attached hydrogen (secondary N) is 1. The van der Waals surface area contributed by atoms with Crippen molar-refractivity contribution in [2.24, 2.45) is 0 Å². The van der Waals surface area contributed by atoms with Crippen LogP contribution in [-0.4, -0.2) is 17.6 Å². The van der Waals surface area contributed by atoms with E-state index in [1.165, 1.54) is 12.1 Å². The number of halogens is 2. The van der Waals surface area contributed by atoms with Crippen molar-refractivity contribution in [1.29, 1.82) is 0 Å². The largest absolute Gasteiger partial charge is 0.506 e. The van der Waals surface area contributed by atoms with E-state index in [4.69, 9.17) is 27.9 Å². The minimum Gasteiger partial charge on any atom is -0.506 e. The van der Waals surface area contributed by atoms with Crippen molar-refractivity contribution in [3.05, 3.63) is 52.5 Å². The minimum absolute atomic E-state index is 0.0418. The van der Waals surface area contributed by atoms with Crippen molar-refractivity contribution in [2.75, 3.05) is 11.9 Å². The van der Waals surface area contributed by atoms with Gasteiger partial charge < -0.3 is 15.2 Å². The molecule has 0 aromatic heterocycles. The van der Waals surface area contributed by atoms with E-state index in [2.05, 4.69) is 5.32 Å². The second-order valence-corrected chi connectivity index (χ2v) is 4.80. The monoisotopic (exact) mass is 311 g/mol. The van der Waals surface area contributed by atoms with Crippen molar-refractivity contribution >= 4 is 34.8 Å². The Morgan fingerprint density at radius 3 is 2.70 bits per heavy atom. The van der Waals surface area contributed by atoms with Gasteiger partial charge in [0, 0.05) is 10.7 Å². The Labute approximate surface area is 125 Å². The van der Waals surface area contributed by atoms with Gasteiger partial charge in [0.05, 0.1) is 5.02 Å². The molecule has 1 amide bonds. The number of phenols is 1. The van der Waals surface area contributed by atoms with Gasteiger partial charge in [-0.2, -0.15) is 0 Å². The number of carbonyl (C=O) groups is 1. The van der Waals surface area contributed by atoms with Gasteiger partial charge in [0.1, 0.15) is 11.5 Å². The molecule has 0 fully saturated rings. The van der Waals surface area contributed by atoms with Crippen LogP contribution in [0.4, 0.5) is 5.69 Å². The molecule has 0 spiro atoms. The lowest BCUT2D eigenvalue weighted by Gasteiger charge is -2.08. The van der Waals surface area contributed by atoms with E-state index in [9.17, 15) is 9.90 Å². The summed E-state index contributed by atoms with van der Waals surface area (Å²) in [7, 11) is 0. The molecule has 0 heterocycles. The maximum absolute atomic E-state index is 11.7. The molecular weight excluding hydrogens is 301 g/mol. The molecule has 0 atom stereocenters. The Balaban J connectivity index is 1.91. The average Bonchev–Trinajstić information content (AvgIpc) is 2.41. The van der Waals surface area contributed by atoms with Gasteiger partial charge in [0.2, 0.25) is 0 Å². The molecule has 0 aliphatic carbocycles. The molecule has 0 aliphatic rings. The quantitative estimate of drug-likeness (QED) is 0.846. The molecule has 0 unspecified atom stereocenters. The van der Waals surface area contributed by atoms with Gasteiger partial charge in [-0.3, -0.25) is 4.79 Å². The molecule has 0 radical (unpaired) electrons.